The van der Waals surface area contributed by atoms with E-state index in [0.29, 0.717) is 0 Å². The van der Waals surface area contributed by atoms with Gasteiger partial charge < -0.3 is 4.98 Å². The van der Waals surface area contributed by atoms with Crippen molar-refractivity contribution in [3.8, 4) is 33.8 Å². The lowest BCUT2D eigenvalue weighted by molar-refractivity contribution is 1.11. The topological polar surface area (TPSA) is 83.1 Å². The average Bonchev–Trinajstić information content (AvgIpc) is 3.43. The molecule has 0 bridgehead atoms. The summed E-state index contributed by atoms with van der Waals surface area (Å²) >= 11 is 0. The first-order valence-corrected chi connectivity index (χ1v) is 10.1. The van der Waals surface area contributed by atoms with Gasteiger partial charge in [-0.2, -0.15) is 5.10 Å². The molecule has 0 saturated heterocycles. The first-order valence-electron chi connectivity index (χ1n) is 10.1. The summed E-state index contributed by atoms with van der Waals surface area (Å²) in [6.45, 7) is 2.12. The summed E-state index contributed by atoms with van der Waals surface area (Å²) in [6, 6.07) is 18.3. The Hall–Kier alpha value is -4.32. The van der Waals surface area contributed by atoms with Crippen molar-refractivity contribution in [2.45, 2.75) is 6.92 Å². The molecular formula is C25H18N6. The van der Waals surface area contributed by atoms with Crippen LogP contribution in [0.4, 0.5) is 0 Å². The van der Waals surface area contributed by atoms with Crippen LogP contribution in [0.15, 0.2) is 79.4 Å². The van der Waals surface area contributed by atoms with Gasteiger partial charge in [-0.25, -0.2) is 4.98 Å². The molecule has 148 valence electrons. The monoisotopic (exact) mass is 402 g/mol. The van der Waals surface area contributed by atoms with Crippen molar-refractivity contribution in [3.63, 3.8) is 0 Å². The second-order valence-corrected chi connectivity index (χ2v) is 7.54. The largest absolute Gasteiger partial charge is 0.337 e. The molecule has 0 spiro atoms. The third kappa shape index (κ3) is 2.88. The van der Waals surface area contributed by atoms with E-state index in [-0.39, 0.29) is 0 Å². The molecule has 6 aromatic rings. The number of aromatic amines is 2. The average molecular weight is 402 g/mol. The molecule has 0 atom stereocenters. The Bertz CT molecular complexity index is 1510. The molecule has 0 amide bonds. The van der Waals surface area contributed by atoms with Gasteiger partial charge in [-0.1, -0.05) is 24.3 Å². The summed E-state index contributed by atoms with van der Waals surface area (Å²) in [5, 5.41) is 8.68. The molecule has 4 aromatic heterocycles. The van der Waals surface area contributed by atoms with Gasteiger partial charge >= 0.3 is 0 Å². The fraction of sp³-hybridized carbons (Fsp3) is 0.0400. The molecule has 0 radical (unpaired) electrons. The Labute approximate surface area is 178 Å². The summed E-state index contributed by atoms with van der Waals surface area (Å²) in [5.74, 6) is 0.753. The number of benzene rings is 2. The first-order chi connectivity index (χ1) is 15.3. The van der Waals surface area contributed by atoms with Gasteiger partial charge in [-0.05, 0) is 48.4 Å². The Kier molecular flexibility index (Phi) is 3.89. The molecule has 6 heteroatoms. The highest BCUT2D eigenvalue weighted by atomic mass is 15.1. The zero-order chi connectivity index (χ0) is 20.8. The van der Waals surface area contributed by atoms with Gasteiger partial charge in [0.15, 0.2) is 5.82 Å². The summed E-state index contributed by atoms with van der Waals surface area (Å²) in [5.41, 5.74) is 9.16. The number of H-pyrrole nitrogens is 2. The summed E-state index contributed by atoms with van der Waals surface area (Å²) in [4.78, 5) is 16.9. The number of hydrogen-bond acceptors (Lipinski definition) is 4. The second kappa shape index (κ2) is 6.88. The van der Waals surface area contributed by atoms with Crippen molar-refractivity contribution < 1.29 is 0 Å². The lowest BCUT2D eigenvalue weighted by atomic mass is 9.95. The van der Waals surface area contributed by atoms with Gasteiger partial charge in [0.05, 0.1) is 16.6 Å². The Morgan fingerprint density at radius 1 is 0.774 bits per heavy atom. The number of rotatable bonds is 3. The van der Waals surface area contributed by atoms with E-state index in [9.17, 15) is 0 Å². The van der Waals surface area contributed by atoms with Gasteiger partial charge in [0, 0.05) is 46.9 Å². The van der Waals surface area contributed by atoms with Gasteiger partial charge in [-0.15, -0.1) is 0 Å². The standard InChI is InChI=1S/C25H18N6/c1-15-19(13-27-14-20(15)17-5-4-10-26-12-17)16-8-9-21-18(11-16)24(31-30-21)25-28-22-6-2-3-7-23(22)29-25/h2-14H,1H3,(H,28,29)(H,30,31). The minimum absolute atomic E-state index is 0.753. The molecule has 0 saturated carbocycles. The molecule has 2 N–H and O–H groups in total. The van der Waals surface area contributed by atoms with Crippen molar-refractivity contribution in [2.24, 2.45) is 0 Å². The Morgan fingerprint density at radius 3 is 2.48 bits per heavy atom. The predicted molar refractivity (Wildman–Crippen MR) is 122 cm³/mol. The number of nitrogens with zero attached hydrogens (tertiary/aromatic N) is 4. The molecular weight excluding hydrogens is 384 g/mol. The van der Waals surface area contributed by atoms with Gasteiger partial charge in [0.25, 0.3) is 0 Å². The lowest BCUT2D eigenvalue weighted by Crippen LogP contribution is -1.91. The van der Waals surface area contributed by atoms with E-state index in [1.807, 2.05) is 48.9 Å². The van der Waals surface area contributed by atoms with E-state index in [4.69, 9.17) is 4.98 Å². The highest BCUT2D eigenvalue weighted by molar-refractivity contribution is 5.96. The quantitative estimate of drug-likeness (QED) is 0.407. The van der Waals surface area contributed by atoms with Crippen LogP contribution in [-0.2, 0) is 0 Å². The maximum atomic E-state index is 4.72. The van der Waals surface area contributed by atoms with Crippen LogP contribution in [0.5, 0.6) is 0 Å². The number of para-hydroxylation sites is 2. The number of hydrogen-bond donors (Lipinski definition) is 2. The Morgan fingerprint density at radius 2 is 1.65 bits per heavy atom. The lowest BCUT2D eigenvalue weighted by Gasteiger charge is -2.11. The van der Waals surface area contributed by atoms with Crippen LogP contribution in [0.3, 0.4) is 0 Å². The van der Waals surface area contributed by atoms with Crippen LogP contribution in [-0.4, -0.2) is 30.1 Å². The minimum Gasteiger partial charge on any atom is -0.337 e. The van der Waals surface area contributed by atoms with Crippen molar-refractivity contribution in [1.29, 1.82) is 0 Å². The zero-order valence-electron chi connectivity index (χ0n) is 16.8. The van der Waals surface area contributed by atoms with Gasteiger partial charge in [0.1, 0.15) is 5.69 Å². The SMILES string of the molecule is Cc1c(-c2cccnc2)cncc1-c1ccc2[nH]nc(-c3nc4ccccc4[nH]3)c2c1. The van der Waals surface area contributed by atoms with Crippen LogP contribution in [0.25, 0.3) is 55.7 Å². The summed E-state index contributed by atoms with van der Waals surface area (Å²) in [6.07, 6.45) is 7.46. The van der Waals surface area contributed by atoms with E-state index < -0.39 is 0 Å². The van der Waals surface area contributed by atoms with Crippen molar-refractivity contribution in [3.05, 3.63) is 84.9 Å². The van der Waals surface area contributed by atoms with Crippen LogP contribution in [0.1, 0.15) is 5.56 Å². The van der Waals surface area contributed by atoms with E-state index in [1.54, 1.807) is 6.20 Å². The van der Waals surface area contributed by atoms with E-state index in [2.05, 4.69) is 56.3 Å². The van der Waals surface area contributed by atoms with Crippen molar-refractivity contribution >= 4 is 21.9 Å². The smallest absolute Gasteiger partial charge is 0.159 e. The molecule has 0 fully saturated rings. The van der Waals surface area contributed by atoms with Crippen molar-refractivity contribution in [1.82, 2.24) is 30.1 Å². The molecule has 0 aliphatic rings. The van der Waals surface area contributed by atoms with Crippen LogP contribution < -0.4 is 0 Å². The van der Waals surface area contributed by atoms with Gasteiger partial charge in [0.2, 0.25) is 0 Å². The normalized spacial score (nSPS) is 11.4. The van der Waals surface area contributed by atoms with E-state index >= 15 is 0 Å². The third-order valence-electron chi connectivity index (χ3n) is 5.68. The molecule has 4 heterocycles. The first kappa shape index (κ1) is 17.5. The van der Waals surface area contributed by atoms with Crippen LogP contribution in [0.2, 0.25) is 0 Å². The molecule has 6 rings (SSSR count). The minimum atomic E-state index is 0.753. The highest BCUT2D eigenvalue weighted by Gasteiger charge is 2.15. The van der Waals surface area contributed by atoms with Crippen LogP contribution >= 0.6 is 0 Å². The molecule has 0 aliphatic carbocycles. The number of pyridine rings is 2. The summed E-state index contributed by atoms with van der Waals surface area (Å²) in [7, 11) is 0. The predicted octanol–water partition coefficient (Wildman–Crippen LogP) is 5.54. The van der Waals surface area contributed by atoms with E-state index in [0.717, 1.165) is 61.3 Å². The second-order valence-electron chi connectivity index (χ2n) is 7.54. The number of imidazole rings is 1. The summed E-state index contributed by atoms with van der Waals surface area (Å²) < 4.78 is 0. The number of fused-ring (bicyclic) bond motifs is 2. The maximum Gasteiger partial charge on any atom is 0.159 e. The van der Waals surface area contributed by atoms with Crippen LogP contribution in [0, 0.1) is 6.92 Å². The molecule has 2 aromatic carbocycles. The number of aromatic nitrogens is 6. The number of nitrogens with one attached hydrogen (secondary N) is 2. The van der Waals surface area contributed by atoms with Crippen molar-refractivity contribution in [2.75, 3.05) is 0 Å². The fourth-order valence-electron chi connectivity index (χ4n) is 4.06. The van der Waals surface area contributed by atoms with Gasteiger partial charge in [-0.3, -0.25) is 15.1 Å². The fourth-order valence-corrected chi connectivity index (χ4v) is 4.06. The molecule has 0 aliphatic heterocycles. The maximum absolute atomic E-state index is 4.72. The molecule has 0 unspecified atom stereocenters. The highest BCUT2D eigenvalue weighted by Crippen LogP contribution is 2.34. The molecule has 31 heavy (non-hydrogen) atoms. The third-order valence-corrected chi connectivity index (χ3v) is 5.68. The van der Waals surface area contributed by atoms with E-state index in [1.165, 1.54) is 0 Å². The molecule has 6 nitrogen and oxygen atoms in total. The zero-order valence-corrected chi connectivity index (χ0v) is 16.8. The Balaban J connectivity index is 1.50.